The SMILES string of the molecule is CC[S@@](=N)(=O)[C@H](C)C(C)C. The molecule has 0 fully saturated rings. The van der Waals surface area contributed by atoms with E-state index in [9.17, 15) is 4.21 Å². The molecule has 0 saturated carbocycles. The van der Waals surface area contributed by atoms with Crippen LogP contribution in [-0.4, -0.2) is 15.2 Å². The summed E-state index contributed by atoms with van der Waals surface area (Å²) in [6, 6.07) is 0. The Morgan fingerprint density at radius 2 is 1.80 bits per heavy atom. The third-order valence-corrected chi connectivity index (χ3v) is 4.57. The van der Waals surface area contributed by atoms with Gasteiger partial charge in [0.15, 0.2) is 0 Å². The Hall–Kier alpha value is -0.0500. The highest BCUT2D eigenvalue weighted by Crippen LogP contribution is 2.12. The van der Waals surface area contributed by atoms with Gasteiger partial charge in [0, 0.05) is 20.7 Å². The van der Waals surface area contributed by atoms with Crippen molar-refractivity contribution in [2.24, 2.45) is 5.92 Å². The molecular formula is C7H17NOS. The fraction of sp³-hybridized carbons (Fsp3) is 1.00. The van der Waals surface area contributed by atoms with E-state index in [0.29, 0.717) is 11.7 Å². The lowest BCUT2D eigenvalue weighted by atomic mass is 10.2. The van der Waals surface area contributed by atoms with Crippen LogP contribution in [0.15, 0.2) is 0 Å². The van der Waals surface area contributed by atoms with E-state index in [1.54, 1.807) is 0 Å². The minimum atomic E-state index is -2.30. The molecule has 1 N–H and O–H groups in total. The lowest BCUT2D eigenvalue weighted by Gasteiger charge is -2.17. The highest BCUT2D eigenvalue weighted by molar-refractivity contribution is 7.92. The summed E-state index contributed by atoms with van der Waals surface area (Å²) in [7, 11) is -2.30. The molecule has 0 aromatic carbocycles. The van der Waals surface area contributed by atoms with Crippen LogP contribution < -0.4 is 0 Å². The predicted molar refractivity (Wildman–Crippen MR) is 45.7 cm³/mol. The monoisotopic (exact) mass is 163 g/mol. The Morgan fingerprint density at radius 1 is 1.40 bits per heavy atom. The first-order chi connectivity index (χ1) is 4.41. The first-order valence-corrected chi connectivity index (χ1v) is 5.46. The van der Waals surface area contributed by atoms with Gasteiger partial charge in [0.1, 0.15) is 0 Å². The molecule has 2 atom stereocenters. The van der Waals surface area contributed by atoms with Crippen LogP contribution in [0.1, 0.15) is 27.7 Å². The molecule has 0 rings (SSSR count). The molecule has 0 amide bonds. The van der Waals surface area contributed by atoms with E-state index in [-0.39, 0.29) is 5.25 Å². The van der Waals surface area contributed by atoms with E-state index in [1.165, 1.54) is 0 Å². The standard InChI is InChI=1S/C7H17NOS/c1-5-10(8,9)7(4)6(2)3/h6-8H,5H2,1-4H3/t7-,10-/m1/s1. The summed E-state index contributed by atoms with van der Waals surface area (Å²) in [6.07, 6.45) is 0. The van der Waals surface area contributed by atoms with Gasteiger partial charge in [-0.25, -0.2) is 4.21 Å². The van der Waals surface area contributed by atoms with Crippen molar-refractivity contribution in [3.8, 4) is 0 Å². The molecule has 62 valence electrons. The summed E-state index contributed by atoms with van der Waals surface area (Å²) >= 11 is 0. The molecule has 0 spiro atoms. The zero-order chi connectivity index (χ0) is 8.36. The third kappa shape index (κ3) is 2.29. The fourth-order valence-corrected chi connectivity index (χ4v) is 2.11. The first-order valence-electron chi connectivity index (χ1n) is 3.67. The van der Waals surface area contributed by atoms with Crippen molar-refractivity contribution in [2.45, 2.75) is 32.9 Å². The van der Waals surface area contributed by atoms with Crippen LogP contribution in [0.2, 0.25) is 0 Å². The number of rotatable bonds is 3. The Labute approximate surface area is 64.0 Å². The molecular weight excluding hydrogens is 146 g/mol. The molecule has 0 bridgehead atoms. The summed E-state index contributed by atoms with van der Waals surface area (Å²) in [5.74, 6) is 0.830. The minimum Gasteiger partial charge on any atom is -0.253 e. The van der Waals surface area contributed by atoms with E-state index in [1.807, 2.05) is 27.7 Å². The van der Waals surface area contributed by atoms with Gasteiger partial charge < -0.3 is 0 Å². The highest BCUT2D eigenvalue weighted by Gasteiger charge is 2.17. The van der Waals surface area contributed by atoms with Gasteiger partial charge in [-0.15, -0.1) is 0 Å². The van der Waals surface area contributed by atoms with Crippen molar-refractivity contribution in [1.82, 2.24) is 0 Å². The van der Waals surface area contributed by atoms with Crippen LogP contribution in [0.3, 0.4) is 0 Å². The zero-order valence-corrected chi connectivity index (χ0v) is 7.99. The number of hydrogen-bond acceptors (Lipinski definition) is 2. The average Bonchev–Trinajstić information content (AvgIpc) is 1.86. The molecule has 0 saturated heterocycles. The summed E-state index contributed by atoms with van der Waals surface area (Å²) < 4.78 is 18.8. The van der Waals surface area contributed by atoms with Crippen molar-refractivity contribution in [3.63, 3.8) is 0 Å². The molecule has 0 heterocycles. The normalized spacial score (nSPS) is 20.5. The van der Waals surface area contributed by atoms with E-state index >= 15 is 0 Å². The van der Waals surface area contributed by atoms with Crippen molar-refractivity contribution in [2.75, 3.05) is 5.75 Å². The van der Waals surface area contributed by atoms with Crippen LogP contribution >= 0.6 is 0 Å². The van der Waals surface area contributed by atoms with Crippen LogP contribution in [0.25, 0.3) is 0 Å². The lowest BCUT2D eigenvalue weighted by Crippen LogP contribution is -2.23. The van der Waals surface area contributed by atoms with Gasteiger partial charge in [0.2, 0.25) is 0 Å². The molecule has 0 aromatic heterocycles. The van der Waals surface area contributed by atoms with Crippen LogP contribution in [-0.2, 0) is 9.73 Å². The molecule has 0 aliphatic carbocycles. The minimum absolute atomic E-state index is 0.0255. The highest BCUT2D eigenvalue weighted by atomic mass is 32.2. The molecule has 2 nitrogen and oxygen atoms in total. The molecule has 0 aliphatic rings. The fourth-order valence-electron chi connectivity index (χ4n) is 0.703. The first kappa shape index (κ1) is 9.95. The Balaban J connectivity index is 4.35. The summed E-state index contributed by atoms with van der Waals surface area (Å²) in [6.45, 7) is 7.72. The smallest absolute Gasteiger partial charge is 0.0467 e. The van der Waals surface area contributed by atoms with Crippen molar-refractivity contribution in [3.05, 3.63) is 0 Å². The van der Waals surface area contributed by atoms with Gasteiger partial charge in [-0.1, -0.05) is 20.8 Å². The van der Waals surface area contributed by atoms with Gasteiger partial charge in [-0.05, 0) is 12.8 Å². The summed E-state index contributed by atoms with van der Waals surface area (Å²) in [5, 5.41) is 0.0255. The summed E-state index contributed by atoms with van der Waals surface area (Å²) in [5.41, 5.74) is 0. The van der Waals surface area contributed by atoms with Gasteiger partial charge in [0.25, 0.3) is 0 Å². The molecule has 3 heteroatoms. The lowest BCUT2D eigenvalue weighted by molar-refractivity contribution is 0.598. The van der Waals surface area contributed by atoms with Gasteiger partial charge >= 0.3 is 0 Å². The second-order valence-electron chi connectivity index (χ2n) is 2.96. The van der Waals surface area contributed by atoms with Gasteiger partial charge in [0.05, 0.1) is 0 Å². The largest absolute Gasteiger partial charge is 0.253 e. The molecule has 0 aliphatic heterocycles. The van der Waals surface area contributed by atoms with Crippen LogP contribution in [0, 0.1) is 10.7 Å². The quantitative estimate of drug-likeness (QED) is 0.680. The molecule has 0 unspecified atom stereocenters. The predicted octanol–water partition coefficient (Wildman–Crippen LogP) is 2.10. The Morgan fingerprint density at radius 3 is 1.90 bits per heavy atom. The van der Waals surface area contributed by atoms with Crippen molar-refractivity contribution < 1.29 is 4.21 Å². The number of nitrogens with one attached hydrogen (secondary N) is 1. The van der Waals surface area contributed by atoms with Gasteiger partial charge in [-0.2, -0.15) is 0 Å². The van der Waals surface area contributed by atoms with E-state index in [4.69, 9.17) is 4.78 Å². The Kier molecular flexibility index (Phi) is 3.36. The maximum absolute atomic E-state index is 11.4. The van der Waals surface area contributed by atoms with Crippen molar-refractivity contribution >= 4 is 9.73 Å². The van der Waals surface area contributed by atoms with E-state index < -0.39 is 9.73 Å². The third-order valence-electron chi connectivity index (χ3n) is 1.97. The number of hydrogen-bond donors (Lipinski definition) is 1. The van der Waals surface area contributed by atoms with Gasteiger partial charge in [-0.3, -0.25) is 4.78 Å². The van der Waals surface area contributed by atoms with Crippen LogP contribution in [0.4, 0.5) is 0 Å². The van der Waals surface area contributed by atoms with E-state index in [0.717, 1.165) is 0 Å². The topological polar surface area (TPSA) is 40.9 Å². The molecule has 0 aromatic rings. The Bertz CT molecular complexity index is 182. The van der Waals surface area contributed by atoms with Crippen molar-refractivity contribution in [1.29, 1.82) is 4.78 Å². The zero-order valence-electron chi connectivity index (χ0n) is 7.18. The molecule has 0 radical (unpaired) electrons. The van der Waals surface area contributed by atoms with Crippen LogP contribution in [0.5, 0.6) is 0 Å². The second kappa shape index (κ2) is 3.37. The maximum Gasteiger partial charge on any atom is 0.0467 e. The maximum atomic E-state index is 11.4. The molecule has 10 heavy (non-hydrogen) atoms. The average molecular weight is 163 g/mol. The summed E-state index contributed by atoms with van der Waals surface area (Å²) in [4.78, 5) is 0. The van der Waals surface area contributed by atoms with E-state index in [2.05, 4.69) is 0 Å². The second-order valence-corrected chi connectivity index (χ2v) is 5.74.